The number of rotatable bonds is 11. The molecule has 1 unspecified atom stereocenters. The van der Waals surface area contributed by atoms with Gasteiger partial charge in [0.1, 0.15) is 18.0 Å². The van der Waals surface area contributed by atoms with Gasteiger partial charge in [-0.15, -0.1) is 0 Å². The van der Waals surface area contributed by atoms with E-state index in [0.717, 1.165) is 16.7 Å². The Balaban J connectivity index is 1.33. The van der Waals surface area contributed by atoms with Crippen molar-refractivity contribution in [1.29, 1.82) is 0 Å². The zero-order valence-electron chi connectivity index (χ0n) is 23.3. The Morgan fingerprint density at radius 1 is 0.925 bits per heavy atom. The molecule has 0 spiro atoms. The number of carbonyl (C=O) groups excluding carboxylic acids is 2. The molecule has 0 aromatic heterocycles. The lowest BCUT2D eigenvalue weighted by atomic mass is 9.98. The van der Waals surface area contributed by atoms with Crippen LogP contribution in [0.25, 0.3) is 0 Å². The molecule has 1 saturated heterocycles. The molecule has 1 heterocycles. The summed E-state index contributed by atoms with van der Waals surface area (Å²) in [7, 11) is 0. The Labute approximate surface area is 235 Å². The highest BCUT2D eigenvalue weighted by Gasteiger charge is 2.22. The molecule has 0 saturated carbocycles. The van der Waals surface area contributed by atoms with E-state index in [0.29, 0.717) is 50.6 Å². The van der Waals surface area contributed by atoms with Crippen LogP contribution in [0.3, 0.4) is 0 Å². The van der Waals surface area contributed by atoms with Crippen molar-refractivity contribution >= 4 is 12.1 Å². The average Bonchev–Trinajstić information content (AvgIpc) is 3.46. The fraction of sp³-hybridized carbons (Fsp3) is 0.375. The van der Waals surface area contributed by atoms with Gasteiger partial charge in [0.15, 0.2) is 6.29 Å². The molecule has 1 fully saturated rings. The minimum Gasteiger partial charge on any atom is -0.489 e. The maximum Gasteiger partial charge on any atom is 0.408 e. The molecule has 4 rings (SSSR count). The minimum atomic E-state index is -0.609. The van der Waals surface area contributed by atoms with Crippen molar-refractivity contribution in [2.45, 2.75) is 58.2 Å². The third-order valence-corrected chi connectivity index (χ3v) is 6.09. The smallest absolute Gasteiger partial charge is 0.408 e. The molecule has 8 heteroatoms. The molecule has 0 bridgehead atoms. The van der Waals surface area contributed by atoms with E-state index >= 15 is 0 Å². The number of carbonyl (C=O) groups is 2. The third kappa shape index (κ3) is 9.10. The highest BCUT2D eigenvalue weighted by molar-refractivity contribution is 5.89. The SMILES string of the molecule is CC(C)(C)OC(=O)NC(c1ccccc1)c1cccc(OCc2ccc(C(=O)OCCCC3OCCO3)cc2)c1. The summed E-state index contributed by atoms with van der Waals surface area (Å²) in [6.45, 7) is 7.36. The second-order valence-corrected chi connectivity index (χ2v) is 10.5. The van der Waals surface area contributed by atoms with E-state index in [1.54, 1.807) is 12.1 Å². The van der Waals surface area contributed by atoms with Crippen LogP contribution in [-0.4, -0.2) is 43.8 Å². The van der Waals surface area contributed by atoms with Crippen LogP contribution >= 0.6 is 0 Å². The number of benzene rings is 3. The van der Waals surface area contributed by atoms with Crippen molar-refractivity contribution in [3.8, 4) is 5.75 Å². The molecule has 1 atom stereocenters. The maximum atomic E-state index is 12.6. The van der Waals surface area contributed by atoms with Crippen molar-refractivity contribution in [3.05, 3.63) is 101 Å². The molecule has 212 valence electrons. The lowest BCUT2D eigenvalue weighted by Crippen LogP contribution is -2.35. The van der Waals surface area contributed by atoms with Crippen LogP contribution in [0.2, 0.25) is 0 Å². The van der Waals surface area contributed by atoms with Crippen LogP contribution in [0.1, 0.15) is 66.7 Å². The first kappa shape index (κ1) is 29.1. The Bertz CT molecular complexity index is 1230. The molecular weight excluding hydrogens is 510 g/mol. The molecule has 8 nitrogen and oxygen atoms in total. The number of ether oxygens (including phenoxy) is 5. The lowest BCUT2D eigenvalue weighted by Gasteiger charge is -2.24. The normalized spacial score (nSPS) is 14.4. The summed E-state index contributed by atoms with van der Waals surface area (Å²) in [6, 6.07) is 24.1. The Morgan fingerprint density at radius 3 is 2.33 bits per heavy atom. The van der Waals surface area contributed by atoms with E-state index in [9.17, 15) is 9.59 Å². The summed E-state index contributed by atoms with van der Waals surface area (Å²) >= 11 is 0. The fourth-order valence-corrected chi connectivity index (χ4v) is 4.19. The number of esters is 1. The molecule has 3 aromatic carbocycles. The number of alkyl carbamates (subject to hydrolysis) is 1. The maximum absolute atomic E-state index is 12.6. The summed E-state index contributed by atoms with van der Waals surface area (Å²) in [5.74, 6) is 0.293. The van der Waals surface area contributed by atoms with Gasteiger partial charge in [-0.2, -0.15) is 0 Å². The average molecular weight is 548 g/mol. The van der Waals surface area contributed by atoms with Crippen LogP contribution in [0.15, 0.2) is 78.9 Å². The molecular formula is C32H37NO7. The monoisotopic (exact) mass is 547 g/mol. The van der Waals surface area contributed by atoms with Crippen LogP contribution in [0.4, 0.5) is 4.79 Å². The second kappa shape index (κ2) is 14.0. The zero-order chi connectivity index (χ0) is 28.4. The molecule has 1 amide bonds. The summed E-state index contributed by atoms with van der Waals surface area (Å²) in [5.41, 5.74) is 2.57. The van der Waals surface area contributed by atoms with E-state index < -0.39 is 17.7 Å². The van der Waals surface area contributed by atoms with Gasteiger partial charge in [0.25, 0.3) is 0 Å². The third-order valence-electron chi connectivity index (χ3n) is 6.09. The van der Waals surface area contributed by atoms with Crippen molar-refractivity contribution in [1.82, 2.24) is 5.32 Å². The highest BCUT2D eigenvalue weighted by Crippen LogP contribution is 2.26. The molecule has 1 aliphatic rings. The van der Waals surface area contributed by atoms with Gasteiger partial charge in [-0.25, -0.2) is 9.59 Å². The van der Waals surface area contributed by atoms with Crippen LogP contribution in [0, 0.1) is 0 Å². The number of hydrogen-bond acceptors (Lipinski definition) is 7. The second-order valence-electron chi connectivity index (χ2n) is 10.5. The molecule has 1 N–H and O–H groups in total. The van der Waals surface area contributed by atoms with E-state index in [1.165, 1.54) is 0 Å². The van der Waals surface area contributed by atoms with E-state index in [-0.39, 0.29) is 12.3 Å². The van der Waals surface area contributed by atoms with Gasteiger partial charge in [0.2, 0.25) is 0 Å². The van der Waals surface area contributed by atoms with Gasteiger partial charge in [-0.1, -0.05) is 54.6 Å². The first-order chi connectivity index (χ1) is 19.3. The summed E-state index contributed by atoms with van der Waals surface area (Å²) in [5, 5.41) is 2.98. The zero-order valence-corrected chi connectivity index (χ0v) is 23.3. The van der Waals surface area contributed by atoms with Gasteiger partial charge in [0, 0.05) is 6.42 Å². The Kier molecular flexibility index (Phi) is 10.2. The van der Waals surface area contributed by atoms with Gasteiger partial charge in [-0.05, 0) is 68.1 Å². The summed E-state index contributed by atoms with van der Waals surface area (Å²) in [6.07, 6.45) is 0.695. The number of hydrogen-bond donors (Lipinski definition) is 1. The van der Waals surface area contributed by atoms with Gasteiger partial charge < -0.3 is 29.0 Å². The Hall–Kier alpha value is -3.88. The van der Waals surface area contributed by atoms with E-state index in [1.807, 2.05) is 87.5 Å². The minimum absolute atomic E-state index is 0.191. The summed E-state index contributed by atoms with van der Waals surface area (Å²) < 4.78 is 27.7. The van der Waals surface area contributed by atoms with Gasteiger partial charge in [-0.3, -0.25) is 0 Å². The van der Waals surface area contributed by atoms with E-state index in [4.69, 9.17) is 23.7 Å². The summed E-state index contributed by atoms with van der Waals surface area (Å²) in [4.78, 5) is 25.0. The molecule has 3 aromatic rings. The van der Waals surface area contributed by atoms with E-state index in [2.05, 4.69) is 5.32 Å². The number of nitrogens with one attached hydrogen (secondary N) is 1. The predicted octanol–water partition coefficient (Wildman–Crippen LogP) is 6.19. The predicted molar refractivity (Wildman–Crippen MR) is 150 cm³/mol. The molecule has 40 heavy (non-hydrogen) atoms. The molecule has 1 aliphatic heterocycles. The standard InChI is InChI=1S/C32H37NO7/c1-32(2,3)40-31(35)33-29(24-9-5-4-6-10-24)26-11-7-12-27(21-26)39-22-23-14-16-25(17-15-23)30(34)38-18-8-13-28-36-19-20-37-28/h4-7,9-12,14-17,21,28-29H,8,13,18-20,22H2,1-3H3,(H,33,35). The van der Waals surface area contributed by atoms with Crippen LogP contribution < -0.4 is 10.1 Å². The first-order valence-electron chi connectivity index (χ1n) is 13.5. The van der Waals surface area contributed by atoms with Crippen molar-refractivity contribution in [2.24, 2.45) is 0 Å². The molecule has 0 radical (unpaired) electrons. The van der Waals surface area contributed by atoms with Crippen LogP contribution in [-0.2, 0) is 25.6 Å². The highest BCUT2D eigenvalue weighted by atomic mass is 16.7. The van der Waals surface area contributed by atoms with Crippen molar-refractivity contribution in [3.63, 3.8) is 0 Å². The van der Waals surface area contributed by atoms with Crippen molar-refractivity contribution < 1.29 is 33.3 Å². The lowest BCUT2D eigenvalue weighted by molar-refractivity contribution is -0.0505. The fourth-order valence-electron chi connectivity index (χ4n) is 4.19. The quantitative estimate of drug-likeness (QED) is 0.226. The van der Waals surface area contributed by atoms with Crippen molar-refractivity contribution in [2.75, 3.05) is 19.8 Å². The van der Waals surface area contributed by atoms with Gasteiger partial charge in [0.05, 0.1) is 31.4 Å². The first-order valence-corrected chi connectivity index (χ1v) is 13.5. The van der Waals surface area contributed by atoms with Gasteiger partial charge >= 0.3 is 12.1 Å². The number of amides is 1. The Morgan fingerprint density at radius 2 is 1.62 bits per heavy atom. The molecule has 0 aliphatic carbocycles. The van der Waals surface area contributed by atoms with Crippen LogP contribution in [0.5, 0.6) is 5.75 Å². The largest absolute Gasteiger partial charge is 0.489 e. The topological polar surface area (TPSA) is 92.3 Å².